The molecule has 396 valence electrons. The standard InChI is InChI=1S/C26H31F4N3O4.C25H28F4N4O3/c27-21-10-19(22(34)14-31-23(35)26(28,29)30)1-2-20(21)15-33(24(36)32-3-5-37-6-4-32)25-11-16-7-17(12-25)9-18(8-16)13-25;26-20-10-18(21-30-31-22(36-21)25(27,28)29)1-2-19(20)14-33(23(34)32-3-5-35-6-4-32)24-11-15-7-16(12-24)9-17(8-15)13-24/h1-2,10,16-18H,3-9,11-15H2,(H,31,35);1-2,10,15-17H,3-9,11-14H2. The highest BCUT2D eigenvalue weighted by molar-refractivity contribution is 5.99. The Morgan fingerprint density at radius 3 is 1.42 bits per heavy atom. The molecule has 10 fully saturated rings. The summed E-state index contributed by atoms with van der Waals surface area (Å²) >= 11 is 0. The Kier molecular flexibility index (Phi) is 14.0. The van der Waals surface area contributed by atoms with Crippen molar-refractivity contribution in [2.24, 2.45) is 35.5 Å². The fourth-order valence-corrected chi connectivity index (χ4v) is 14.3. The van der Waals surface area contributed by atoms with E-state index < -0.39 is 54.0 Å². The highest BCUT2D eigenvalue weighted by atomic mass is 19.4. The van der Waals surface area contributed by atoms with Crippen LogP contribution in [0, 0.1) is 47.1 Å². The zero-order chi connectivity index (χ0) is 51.5. The number of urea groups is 2. The summed E-state index contributed by atoms with van der Waals surface area (Å²) in [7, 11) is 0. The van der Waals surface area contributed by atoms with Crippen molar-refractivity contribution in [2.45, 2.75) is 114 Å². The number of ether oxygens (including phenoxy) is 2. The second kappa shape index (κ2) is 20.0. The Morgan fingerprint density at radius 1 is 0.616 bits per heavy atom. The number of carbonyl (C=O) groups excluding carboxylic acids is 4. The fourth-order valence-electron chi connectivity index (χ4n) is 14.3. The fraction of sp³-hybridized carbons (Fsp3) is 0.647. The van der Waals surface area contributed by atoms with E-state index in [-0.39, 0.29) is 52.9 Å². The third kappa shape index (κ3) is 10.8. The van der Waals surface area contributed by atoms with Gasteiger partial charge >= 0.3 is 36.2 Å². The molecule has 3 aromatic rings. The molecule has 0 atom stereocenters. The number of Topliss-reactive ketones (excluding diaryl/α,β-unsaturated/α-hetero) is 1. The van der Waals surface area contributed by atoms with Crippen molar-refractivity contribution in [3.8, 4) is 11.5 Å². The highest BCUT2D eigenvalue weighted by Gasteiger charge is 2.57. The van der Waals surface area contributed by atoms with E-state index in [9.17, 15) is 45.5 Å². The van der Waals surface area contributed by atoms with Gasteiger partial charge in [0.05, 0.1) is 46.1 Å². The van der Waals surface area contributed by atoms with E-state index in [1.54, 1.807) is 9.80 Å². The molecule has 0 unspecified atom stereocenters. The van der Waals surface area contributed by atoms with Crippen LogP contribution in [0.1, 0.15) is 104 Å². The Balaban J connectivity index is 0.000000168. The smallest absolute Gasteiger partial charge is 0.413 e. The number of morpholine rings is 2. The largest absolute Gasteiger partial charge is 0.471 e. The van der Waals surface area contributed by atoms with Gasteiger partial charge in [0.2, 0.25) is 5.89 Å². The number of rotatable bonds is 10. The third-order valence-corrected chi connectivity index (χ3v) is 16.8. The van der Waals surface area contributed by atoms with Gasteiger partial charge in [0.15, 0.2) is 5.78 Å². The summed E-state index contributed by atoms with van der Waals surface area (Å²) in [5, 5.41) is 7.94. The molecule has 22 heteroatoms. The minimum atomic E-state index is -5.11. The predicted molar refractivity (Wildman–Crippen MR) is 243 cm³/mol. The monoisotopic (exact) mass is 1030 g/mol. The lowest BCUT2D eigenvalue weighted by Gasteiger charge is -2.60. The van der Waals surface area contributed by atoms with Gasteiger partial charge < -0.3 is 38.8 Å². The van der Waals surface area contributed by atoms with Crippen molar-refractivity contribution in [3.63, 3.8) is 0 Å². The van der Waals surface area contributed by atoms with E-state index in [1.807, 2.05) is 9.80 Å². The second-order valence-electron chi connectivity index (χ2n) is 21.8. The molecular formula is C51H59F8N7O7. The van der Waals surface area contributed by atoms with Crippen LogP contribution in [-0.4, -0.2) is 130 Å². The van der Waals surface area contributed by atoms with Crippen molar-refractivity contribution in [2.75, 3.05) is 59.2 Å². The molecule has 1 aromatic heterocycles. The summed E-state index contributed by atoms with van der Waals surface area (Å²) in [5.74, 6) is -2.77. The van der Waals surface area contributed by atoms with Crippen molar-refractivity contribution < 1.29 is 68.2 Å². The van der Waals surface area contributed by atoms with Gasteiger partial charge in [-0.15, -0.1) is 10.2 Å². The number of halogens is 8. The average Bonchev–Trinajstić information content (AvgIpc) is 3.86. The lowest BCUT2D eigenvalue weighted by atomic mass is 9.52. The minimum Gasteiger partial charge on any atom is -0.413 e. The summed E-state index contributed by atoms with van der Waals surface area (Å²) in [6.07, 6.45) is 2.88. The van der Waals surface area contributed by atoms with Crippen LogP contribution in [0.25, 0.3) is 11.5 Å². The molecule has 10 aliphatic rings. The number of nitrogens with one attached hydrogen (secondary N) is 1. The minimum absolute atomic E-state index is 0.0491. The lowest BCUT2D eigenvalue weighted by molar-refractivity contribution is -0.173. The second-order valence-corrected chi connectivity index (χ2v) is 21.8. The molecule has 8 bridgehead atoms. The molecule has 2 aromatic carbocycles. The van der Waals surface area contributed by atoms with Crippen LogP contribution < -0.4 is 5.32 Å². The molecule has 8 saturated carbocycles. The lowest BCUT2D eigenvalue weighted by Crippen LogP contribution is -2.64. The molecule has 0 spiro atoms. The Labute approximate surface area is 416 Å². The Hall–Kier alpha value is -5.38. The predicted octanol–water partition coefficient (Wildman–Crippen LogP) is 9.03. The molecule has 8 aliphatic carbocycles. The van der Waals surface area contributed by atoms with Gasteiger partial charge in [-0.25, -0.2) is 18.4 Å². The number of amides is 5. The average molecular weight is 1030 g/mol. The Morgan fingerprint density at radius 2 is 1.04 bits per heavy atom. The van der Waals surface area contributed by atoms with Gasteiger partial charge in [-0.3, -0.25) is 9.59 Å². The summed E-state index contributed by atoms with van der Waals surface area (Å²) in [4.78, 5) is 58.2. The first-order chi connectivity index (χ1) is 34.7. The number of nitrogens with zero attached hydrogens (tertiary/aromatic N) is 6. The van der Waals surface area contributed by atoms with E-state index in [4.69, 9.17) is 13.9 Å². The first-order valence-electron chi connectivity index (χ1n) is 25.4. The molecule has 5 amide bonds. The zero-order valence-corrected chi connectivity index (χ0v) is 40.3. The number of ketones is 1. The molecule has 73 heavy (non-hydrogen) atoms. The number of aromatic nitrogens is 2. The van der Waals surface area contributed by atoms with E-state index in [2.05, 4.69) is 10.2 Å². The van der Waals surface area contributed by atoms with Crippen LogP contribution in [0.5, 0.6) is 0 Å². The SMILES string of the molecule is O=C(CNC(=O)C(F)(F)F)c1ccc(CN(C(=O)N2CCOCC2)C23CC4CC(CC(C4)C2)C3)c(F)c1.O=C(N1CCOCC1)N(Cc1ccc(-c2nnc(C(F)(F)F)o2)cc1F)C12CC3CC(CC(C3)C1)C2. The topological polar surface area (TPSA) is 151 Å². The van der Waals surface area contributed by atoms with Crippen LogP contribution in [0.4, 0.5) is 44.7 Å². The summed E-state index contributed by atoms with van der Waals surface area (Å²) < 4.78 is 122. The van der Waals surface area contributed by atoms with Gasteiger partial charge in [0.1, 0.15) is 11.6 Å². The van der Waals surface area contributed by atoms with Gasteiger partial charge in [-0.05, 0) is 131 Å². The van der Waals surface area contributed by atoms with Crippen molar-refractivity contribution in [3.05, 3.63) is 70.6 Å². The number of carbonyl (C=O) groups is 4. The van der Waals surface area contributed by atoms with Crippen molar-refractivity contribution in [1.82, 2.24) is 35.1 Å². The number of hydrogen-bond acceptors (Lipinski definition) is 9. The molecule has 3 heterocycles. The van der Waals surface area contributed by atoms with Gasteiger partial charge in [-0.1, -0.05) is 18.2 Å². The summed E-state index contributed by atoms with van der Waals surface area (Å²) in [6, 6.07) is 7.56. The maximum absolute atomic E-state index is 15.3. The van der Waals surface area contributed by atoms with Crippen molar-refractivity contribution in [1.29, 1.82) is 0 Å². The van der Waals surface area contributed by atoms with Crippen LogP contribution in [0.2, 0.25) is 0 Å². The number of alkyl halides is 6. The molecule has 1 N–H and O–H groups in total. The summed E-state index contributed by atoms with van der Waals surface area (Å²) in [6.45, 7) is 3.08. The normalized spacial score (nSPS) is 29.2. The van der Waals surface area contributed by atoms with E-state index in [1.165, 1.54) is 68.1 Å². The third-order valence-electron chi connectivity index (χ3n) is 16.8. The van der Waals surface area contributed by atoms with E-state index in [0.29, 0.717) is 93.7 Å². The molecule has 2 aliphatic heterocycles. The maximum Gasteiger partial charge on any atom is 0.471 e. The first-order valence-corrected chi connectivity index (χ1v) is 25.4. The molecule has 0 radical (unpaired) electrons. The van der Waals surface area contributed by atoms with E-state index in [0.717, 1.165) is 50.7 Å². The number of benzene rings is 2. The molecule has 14 nitrogen and oxygen atoms in total. The highest BCUT2D eigenvalue weighted by Crippen LogP contribution is 2.59. The van der Waals surface area contributed by atoms with Crippen LogP contribution in [-0.2, 0) is 33.5 Å². The van der Waals surface area contributed by atoms with Crippen molar-refractivity contribution >= 4 is 23.8 Å². The van der Waals surface area contributed by atoms with Gasteiger partial charge in [0, 0.05) is 59.5 Å². The van der Waals surface area contributed by atoms with Gasteiger partial charge in [0.25, 0.3) is 0 Å². The summed E-state index contributed by atoms with van der Waals surface area (Å²) in [5.41, 5.74) is -0.152. The number of hydrogen-bond donors (Lipinski definition) is 1. The Bertz CT molecular complexity index is 2490. The van der Waals surface area contributed by atoms with Gasteiger partial charge in [-0.2, -0.15) is 26.3 Å². The maximum atomic E-state index is 15.3. The van der Waals surface area contributed by atoms with Crippen LogP contribution >= 0.6 is 0 Å². The quantitative estimate of drug-likeness (QED) is 0.155. The molecular weight excluding hydrogens is 975 g/mol. The van der Waals surface area contributed by atoms with Crippen LogP contribution in [0.3, 0.4) is 0 Å². The van der Waals surface area contributed by atoms with E-state index >= 15 is 8.78 Å². The zero-order valence-electron chi connectivity index (χ0n) is 40.3. The molecule has 13 rings (SSSR count). The molecule has 2 saturated heterocycles. The van der Waals surface area contributed by atoms with Crippen LogP contribution in [0.15, 0.2) is 40.8 Å². The first kappa shape index (κ1) is 51.1.